The van der Waals surface area contributed by atoms with Gasteiger partial charge in [0.1, 0.15) is 5.76 Å². The predicted molar refractivity (Wildman–Crippen MR) is 131 cm³/mol. The Labute approximate surface area is 200 Å². The zero-order valence-electron chi connectivity index (χ0n) is 18.7. The Morgan fingerprint density at radius 3 is 2.58 bits per heavy atom. The molecule has 7 nitrogen and oxygen atoms in total. The zero-order chi connectivity index (χ0) is 23.5. The summed E-state index contributed by atoms with van der Waals surface area (Å²) >= 11 is 3.31. The molecular formula is C25H25BrN4O3. The average molecular weight is 509 g/mol. The van der Waals surface area contributed by atoms with E-state index in [1.54, 1.807) is 12.3 Å². The molecule has 0 atom stereocenters. The first kappa shape index (κ1) is 22.9. The van der Waals surface area contributed by atoms with E-state index in [4.69, 9.17) is 4.42 Å². The van der Waals surface area contributed by atoms with E-state index in [1.807, 2.05) is 31.2 Å². The number of nitrogens with one attached hydrogen (secondary N) is 2. The summed E-state index contributed by atoms with van der Waals surface area (Å²) in [6.07, 6.45) is 5.31. The highest BCUT2D eigenvalue weighted by Crippen LogP contribution is 2.30. The number of aromatic nitrogens is 1. The number of hydrogen-bond donors (Lipinski definition) is 2. The highest BCUT2D eigenvalue weighted by Gasteiger charge is 2.28. The molecule has 170 valence electrons. The van der Waals surface area contributed by atoms with Gasteiger partial charge in [-0.2, -0.15) is 5.10 Å². The number of furan rings is 1. The van der Waals surface area contributed by atoms with Gasteiger partial charge in [0.25, 0.3) is 11.8 Å². The van der Waals surface area contributed by atoms with Gasteiger partial charge in [-0.25, -0.2) is 5.43 Å². The van der Waals surface area contributed by atoms with Crippen molar-refractivity contribution in [2.24, 2.45) is 5.10 Å². The molecular weight excluding hydrogens is 484 g/mol. The minimum absolute atomic E-state index is 0.269. The number of hydrogen-bond acceptors (Lipinski definition) is 5. The van der Waals surface area contributed by atoms with Gasteiger partial charge >= 0.3 is 0 Å². The van der Waals surface area contributed by atoms with Gasteiger partial charge in [-0.15, -0.1) is 0 Å². The summed E-state index contributed by atoms with van der Waals surface area (Å²) in [7, 11) is 0. The Morgan fingerprint density at radius 2 is 1.88 bits per heavy atom. The topological polar surface area (TPSA) is 96.6 Å². The molecule has 3 aromatic rings. The van der Waals surface area contributed by atoms with E-state index in [1.165, 1.54) is 11.8 Å². The normalized spacial score (nSPS) is 14.3. The third-order valence-corrected chi connectivity index (χ3v) is 6.06. The summed E-state index contributed by atoms with van der Waals surface area (Å²) < 4.78 is 6.66. The molecule has 0 bridgehead atoms. The second kappa shape index (κ2) is 9.70. The third-order valence-electron chi connectivity index (χ3n) is 5.63. The van der Waals surface area contributed by atoms with E-state index in [0.29, 0.717) is 33.8 Å². The van der Waals surface area contributed by atoms with Gasteiger partial charge in [0.2, 0.25) is 0 Å². The van der Waals surface area contributed by atoms with Gasteiger partial charge in [-0.3, -0.25) is 14.6 Å². The quantitative estimate of drug-likeness (QED) is 0.438. The van der Waals surface area contributed by atoms with Crippen LogP contribution in [0.1, 0.15) is 76.0 Å². The molecule has 4 rings (SSSR count). The van der Waals surface area contributed by atoms with Crippen LogP contribution in [-0.4, -0.2) is 22.5 Å². The fraction of sp³-hybridized carbons (Fsp3) is 0.280. The van der Waals surface area contributed by atoms with Gasteiger partial charge in [-0.1, -0.05) is 26.0 Å². The third kappa shape index (κ3) is 5.06. The molecule has 1 aliphatic rings. The molecule has 8 heteroatoms. The van der Waals surface area contributed by atoms with Crippen LogP contribution in [0.3, 0.4) is 0 Å². The fourth-order valence-corrected chi connectivity index (χ4v) is 4.22. The number of anilines is 1. The molecule has 2 aromatic heterocycles. The number of carbonyl (C=O) groups excluding carboxylic acids is 2. The number of carbonyl (C=O) groups is 2. The van der Waals surface area contributed by atoms with Crippen molar-refractivity contribution in [2.45, 2.75) is 46.0 Å². The fourth-order valence-electron chi connectivity index (χ4n) is 3.85. The molecule has 0 unspecified atom stereocenters. The largest absolute Gasteiger partial charge is 0.455 e. The van der Waals surface area contributed by atoms with Crippen LogP contribution in [0.25, 0.3) is 0 Å². The maximum Gasteiger partial charge on any atom is 0.291 e. The number of fused-ring (bicyclic) bond motifs is 1. The van der Waals surface area contributed by atoms with E-state index in [0.717, 1.165) is 29.7 Å². The molecule has 0 saturated carbocycles. The lowest BCUT2D eigenvalue weighted by Crippen LogP contribution is -2.22. The van der Waals surface area contributed by atoms with Gasteiger partial charge in [0.05, 0.1) is 11.3 Å². The van der Waals surface area contributed by atoms with Crippen molar-refractivity contribution < 1.29 is 14.0 Å². The Kier molecular flexibility index (Phi) is 6.74. The molecule has 0 fully saturated rings. The summed E-state index contributed by atoms with van der Waals surface area (Å²) in [6, 6.07) is 9.48. The summed E-state index contributed by atoms with van der Waals surface area (Å²) in [5.41, 5.74) is 7.14. The standard InChI is InChI=1S/C25H25BrN4O3/c1-14(2)16-7-9-19(10-8-16)28-25(32)23-15(3)22-20(5-4-6-21(22)33-23)29-30-24(31)17-11-18(26)13-27-12-17/h7-14H,4-6H2,1-3H3,(H,28,32)(H,30,31)/b29-20+. The number of pyridine rings is 1. The van der Waals surface area contributed by atoms with E-state index in [9.17, 15) is 9.59 Å². The van der Waals surface area contributed by atoms with E-state index in [2.05, 4.69) is 50.6 Å². The summed E-state index contributed by atoms with van der Waals surface area (Å²) in [4.78, 5) is 29.4. The van der Waals surface area contributed by atoms with E-state index < -0.39 is 0 Å². The lowest BCUT2D eigenvalue weighted by atomic mass is 9.93. The van der Waals surface area contributed by atoms with Gasteiger partial charge in [0.15, 0.2) is 5.76 Å². The molecule has 1 aliphatic carbocycles. The first-order valence-electron chi connectivity index (χ1n) is 10.8. The number of hydrazone groups is 1. The minimum atomic E-state index is -0.354. The molecule has 33 heavy (non-hydrogen) atoms. The summed E-state index contributed by atoms with van der Waals surface area (Å²) in [6.45, 7) is 6.10. The Bertz CT molecular complexity index is 1230. The molecule has 0 saturated heterocycles. The van der Waals surface area contributed by atoms with Gasteiger partial charge in [-0.05, 0) is 65.4 Å². The van der Waals surface area contributed by atoms with Gasteiger partial charge < -0.3 is 9.73 Å². The molecule has 0 spiro atoms. The van der Waals surface area contributed by atoms with Crippen molar-refractivity contribution >= 4 is 39.1 Å². The van der Waals surface area contributed by atoms with E-state index in [-0.39, 0.29) is 17.6 Å². The van der Waals surface area contributed by atoms with Crippen LogP contribution in [0, 0.1) is 6.92 Å². The lowest BCUT2D eigenvalue weighted by molar-refractivity contribution is 0.0953. The highest BCUT2D eigenvalue weighted by molar-refractivity contribution is 9.10. The van der Waals surface area contributed by atoms with Crippen LogP contribution < -0.4 is 10.7 Å². The van der Waals surface area contributed by atoms with Crippen LogP contribution in [-0.2, 0) is 6.42 Å². The predicted octanol–water partition coefficient (Wildman–Crippen LogP) is 5.59. The van der Waals surface area contributed by atoms with Crippen LogP contribution >= 0.6 is 15.9 Å². The van der Waals surface area contributed by atoms with Crippen molar-refractivity contribution in [1.29, 1.82) is 0 Å². The lowest BCUT2D eigenvalue weighted by Gasteiger charge is -2.13. The first-order chi connectivity index (χ1) is 15.8. The van der Waals surface area contributed by atoms with Crippen LogP contribution in [0.2, 0.25) is 0 Å². The molecule has 2 amide bonds. The minimum Gasteiger partial charge on any atom is -0.455 e. The smallest absolute Gasteiger partial charge is 0.291 e. The van der Waals surface area contributed by atoms with Crippen LogP contribution in [0.5, 0.6) is 0 Å². The summed E-state index contributed by atoms with van der Waals surface area (Å²) in [5, 5.41) is 7.27. The van der Waals surface area contributed by atoms with Gasteiger partial charge in [0, 0.05) is 40.1 Å². The SMILES string of the molecule is Cc1c(C(=O)Nc2ccc(C(C)C)cc2)oc2c1/C(=N/NC(=O)c1cncc(Br)c1)CCC2. The molecule has 0 aliphatic heterocycles. The van der Waals surface area contributed by atoms with Crippen molar-refractivity contribution in [3.8, 4) is 0 Å². The monoisotopic (exact) mass is 508 g/mol. The van der Waals surface area contributed by atoms with Crippen molar-refractivity contribution in [2.75, 3.05) is 5.32 Å². The van der Waals surface area contributed by atoms with Crippen molar-refractivity contribution in [3.05, 3.63) is 81.0 Å². The average Bonchev–Trinajstić information content (AvgIpc) is 3.15. The molecule has 0 radical (unpaired) electrons. The number of amides is 2. The first-order valence-corrected chi connectivity index (χ1v) is 11.6. The Morgan fingerprint density at radius 1 is 1.12 bits per heavy atom. The van der Waals surface area contributed by atoms with Crippen LogP contribution in [0.15, 0.2) is 56.7 Å². The second-order valence-corrected chi connectivity index (χ2v) is 9.25. The number of benzene rings is 1. The summed E-state index contributed by atoms with van der Waals surface area (Å²) in [5.74, 6) is 0.753. The maximum absolute atomic E-state index is 12.9. The second-order valence-electron chi connectivity index (χ2n) is 8.33. The molecule has 1 aromatic carbocycles. The highest BCUT2D eigenvalue weighted by atomic mass is 79.9. The van der Waals surface area contributed by atoms with E-state index >= 15 is 0 Å². The van der Waals surface area contributed by atoms with Crippen LogP contribution in [0.4, 0.5) is 5.69 Å². The number of rotatable bonds is 5. The number of halogens is 1. The zero-order valence-corrected chi connectivity index (χ0v) is 20.3. The maximum atomic E-state index is 12.9. The Hall–Kier alpha value is -3.26. The van der Waals surface area contributed by atoms with Crippen molar-refractivity contribution in [1.82, 2.24) is 10.4 Å². The molecule has 2 N–H and O–H groups in total. The van der Waals surface area contributed by atoms with Crippen molar-refractivity contribution in [3.63, 3.8) is 0 Å². The number of nitrogens with zero attached hydrogens (tertiary/aromatic N) is 2. The molecule has 2 heterocycles. The Balaban J connectivity index is 1.53. The number of aryl methyl sites for hydroxylation is 1.